The van der Waals surface area contributed by atoms with E-state index in [2.05, 4.69) is 5.32 Å². The molecule has 0 bridgehead atoms. The standard InChI is InChI=1S/C20H27ClFNO6/c1-18(2,3)28-16(25)20(12-27-10-9-24,23-17(26)29-19(4,5)6)13-7-8-14(21)15(22)11-13/h7-9,11H,10,12H2,1-6H3,(H,23,26)/t20-/m1/s1. The molecule has 0 unspecified atom stereocenters. The zero-order chi connectivity index (χ0) is 22.5. The minimum Gasteiger partial charge on any atom is -0.458 e. The lowest BCUT2D eigenvalue weighted by molar-refractivity contribution is -0.167. The monoisotopic (exact) mass is 431 g/mol. The third-order valence-electron chi connectivity index (χ3n) is 3.38. The highest BCUT2D eigenvalue weighted by molar-refractivity contribution is 6.30. The number of alkyl carbamates (subject to hydrolysis) is 1. The van der Waals surface area contributed by atoms with E-state index < -0.39 is 41.2 Å². The molecular weight excluding hydrogens is 405 g/mol. The maximum absolute atomic E-state index is 14.2. The summed E-state index contributed by atoms with van der Waals surface area (Å²) in [5, 5.41) is 2.28. The zero-order valence-corrected chi connectivity index (χ0v) is 18.2. The fourth-order valence-corrected chi connectivity index (χ4v) is 2.40. The summed E-state index contributed by atoms with van der Waals surface area (Å²) >= 11 is 5.76. The van der Waals surface area contributed by atoms with Crippen molar-refractivity contribution in [2.75, 3.05) is 13.2 Å². The Morgan fingerprint density at radius 1 is 1.10 bits per heavy atom. The first kappa shape index (κ1) is 24.8. The van der Waals surface area contributed by atoms with E-state index in [0.29, 0.717) is 6.29 Å². The van der Waals surface area contributed by atoms with E-state index in [1.165, 1.54) is 12.1 Å². The van der Waals surface area contributed by atoms with E-state index in [-0.39, 0.29) is 17.2 Å². The van der Waals surface area contributed by atoms with Crippen LogP contribution in [0, 0.1) is 5.82 Å². The van der Waals surface area contributed by atoms with Crippen LogP contribution in [0.5, 0.6) is 0 Å². The SMILES string of the molecule is CC(C)(C)OC(=O)N[C@@](COCC=O)(C(=O)OC(C)(C)C)c1ccc(Cl)c(F)c1. The Labute approximate surface area is 174 Å². The van der Waals surface area contributed by atoms with Gasteiger partial charge < -0.3 is 19.0 Å². The van der Waals surface area contributed by atoms with Crippen molar-refractivity contribution >= 4 is 29.9 Å². The lowest BCUT2D eigenvalue weighted by atomic mass is 9.90. The second-order valence-electron chi connectivity index (χ2n) is 8.34. The Balaban J connectivity index is 3.52. The van der Waals surface area contributed by atoms with Gasteiger partial charge in [-0.15, -0.1) is 0 Å². The minimum absolute atomic E-state index is 0.0189. The molecule has 7 nitrogen and oxygen atoms in total. The Bertz CT molecular complexity index is 756. The summed E-state index contributed by atoms with van der Waals surface area (Å²) in [6.07, 6.45) is -0.469. The van der Waals surface area contributed by atoms with Gasteiger partial charge in [0.1, 0.15) is 29.9 Å². The summed E-state index contributed by atoms with van der Waals surface area (Å²) in [6, 6.07) is 3.59. The van der Waals surface area contributed by atoms with Crippen LogP contribution in [0.15, 0.2) is 18.2 Å². The number of amides is 1. The third-order valence-corrected chi connectivity index (χ3v) is 3.69. The lowest BCUT2D eigenvalue weighted by Gasteiger charge is -2.35. The van der Waals surface area contributed by atoms with E-state index in [1.807, 2.05) is 0 Å². The number of esters is 1. The molecule has 0 radical (unpaired) electrons. The molecule has 0 saturated heterocycles. The number of hydrogen-bond donors (Lipinski definition) is 1. The van der Waals surface area contributed by atoms with Gasteiger partial charge >= 0.3 is 12.1 Å². The Morgan fingerprint density at radius 3 is 2.17 bits per heavy atom. The predicted molar refractivity (Wildman–Crippen MR) is 105 cm³/mol. The normalized spacial score (nSPS) is 13.9. The van der Waals surface area contributed by atoms with Gasteiger partial charge in [0.25, 0.3) is 0 Å². The van der Waals surface area contributed by atoms with Crippen LogP contribution < -0.4 is 5.32 Å². The molecule has 0 aliphatic heterocycles. The lowest BCUT2D eigenvalue weighted by Crippen LogP contribution is -2.57. The van der Waals surface area contributed by atoms with E-state index in [0.717, 1.165) is 6.07 Å². The van der Waals surface area contributed by atoms with Crippen molar-refractivity contribution in [1.82, 2.24) is 5.32 Å². The number of carbonyl (C=O) groups excluding carboxylic acids is 3. The molecule has 9 heteroatoms. The maximum atomic E-state index is 14.2. The molecule has 0 spiro atoms. The van der Waals surface area contributed by atoms with Crippen LogP contribution in [-0.2, 0) is 29.3 Å². The molecule has 1 atom stereocenters. The first-order chi connectivity index (χ1) is 13.2. The first-order valence-electron chi connectivity index (χ1n) is 8.92. The van der Waals surface area contributed by atoms with Crippen LogP contribution in [-0.4, -0.2) is 42.8 Å². The van der Waals surface area contributed by atoms with Crippen LogP contribution >= 0.6 is 11.6 Å². The number of nitrogens with one attached hydrogen (secondary N) is 1. The molecule has 1 aromatic rings. The number of benzene rings is 1. The van der Waals surface area contributed by atoms with Gasteiger partial charge in [0.05, 0.1) is 11.6 Å². The van der Waals surface area contributed by atoms with Gasteiger partial charge in [0, 0.05) is 0 Å². The number of ether oxygens (including phenoxy) is 3. The zero-order valence-electron chi connectivity index (χ0n) is 17.4. The summed E-state index contributed by atoms with van der Waals surface area (Å²) in [7, 11) is 0. The van der Waals surface area contributed by atoms with Crippen molar-refractivity contribution < 1.29 is 33.0 Å². The molecule has 1 rings (SSSR count). The van der Waals surface area contributed by atoms with Crippen molar-refractivity contribution in [3.8, 4) is 0 Å². The highest BCUT2D eigenvalue weighted by atomic mass is 35.5. The fourth-order valence-electron chi connectivity index (χ4n) is 2.28. The van der Waals surface area contributed by atoms with Crippen LogP contribution in [0.2, 0.25) is 5.02 Å². The molecular formula is C20H27ClFNO6. The smallest absolute Gasteiger partial charge is 0.408 e. The molecule has 0 saturated carbocycles. The molecule has 29 heavy (non-hydrogen) atoms. The van der Waals surface area contributed by atoms with Gasteiger partial charge in [-0.3, -0.25) is 5.32 Å². The number of rotatable bonds is 7. The summed E-state index contributed by atoms with van der Waals surface area (Å²) in [5.41, 5.74) is -3.75. The van der Waals surface area contributed by atoms with Gasteiger partial charge in [0.2, 0.25) is 0 Å². The van der Waals surface area contributed by atoms with E-state index in [1.54, 1.807) is 41.5 Å². The minimum atomic E-state index is -1.98. The highest BCUT2D eigenvalue weighted by Crippen LogP contribution is 2.29. The summed E-state index contributed by atoms with van der Waals surface area (Å²) in [4.78, 5) is 36.4. The predicted octanol–water partition coefficient (Wildman–Crippen LogP) is 3.76. The fraction of sp³-hybridized carbons (Fsp3) is 0.550. The van der Waals surface area contributed by atoms with Crippen LogP contribution in [0.3, 0.4) is 0 Å². The maximum Gasteiger partial charge on any atom is 0.408 e. The van der Waals surface area contributed by atoms with Crippen LogP contribution in [0.4, 0.5) is 9.18 Å². The Kier molecular flexibility index (Phi) is 8.17. The highest BCUT2D eigenvalue weighted by Gasteiger charge is 2.46. The van der Waals surface area contributed by atoms with Crippen molar-refractivity contribution in [1.29, 1.82) is 0 Å². The second-order valence-corrected chi connectivity index (χ2v) is 8.75. The molecule has 0 aliphatic carbocycles. The summed E-state index contributed by atoms with van der Waals surface area (Å²) < 4.78 is 30.1. The average molecular weight is 432 g/mol. The van der Waals surface area contributed by atoms with Gasteiger partial charge in [-0.2, -0.15) is 0 Å². The average Bonchev–Trinajstić information content (AvgIpc) is 2.53. The Morgan fingerprint density at radius 2 is 1.69 bits per heavy atom. The van der Waals surface area contributed by atoms with Crippen molar-refractivity contribution in [2.45, 2.75) is 58.3 Å². The number of aldehydes is 1. The summed E-state index contributed by atoms with van der Waals surface area (Å²) in [6.45, 7) is 9.00. The van der Waals surface area contributed by atoms with E-state index >= 15 is 0 Å². The number of halogens is 2. The molecule has 0 aromatic heterocycles. The van der Waals surface area contributed by atoms with E-state index in [9.17, 15) is 18.8 Å². The third kappa shape index (κ3) is 7.62. The molecule has 162 valence electrons. The van der Waals surface area contributed by atoms with Crippen molar-refractivity contribution in [3.63, 3.8) is 0 Å². The topological polar surface area (TPSA) is 90.9 Å². The molecule has 0 aliphatic rings. The number of hydrogen-bond acceptors (Lipinski definition) is 6. The molecule has 1 N–H and O–H groups in total. The quantitative estimate of drug-likeness (QED) is 0.401. The first-order valence-corrected chi connectivity index (χ1v) is 9.29. The molecule has 0 heterocycles. The van der Waals surface area contributed by atoms with Crippen molar-refractivity contribution in [3.05, 3.63) is 34.6 Å². The summed E-state index contributed by atoms with van der Waals surface area (Å²) in [5.74, 6) is -1.72. The largest absolute Gasteiger partial charge is 0.458 e. The van der Waals surface area contributed by atoms with E-state index in [4.69, 9.17) is 25.8 Å². The van der Waals surface area contributed by atoms with Crippen LogP contribution in [0.25, 0.3) is 0 Å². The number of carbonyl (C=O) groups is 3. The molecule has 0 fully saturated rings. The second kappa shape index (κ2) is 9.54. The Hall–Kier alpha value is -2.19. The van der Waals surface area contributed by atoms with Gasteiger partial charge in [-0.1, -0.05) is 17.7 Å². The van der Waals surface area contributed by atoms with Gasteiger partial charge in [0.15, 0.2) is 5.54 Å². The molecule has 1 amide bonds. The molecule has 1 aromatic carbocycles. The van der Waals surface area contributed by atoms with Gasteiger partial charge in [-0.25, -0.2) is 14.0 Å². The van der Waals surface area contributed by atoms with Crippen LogP contribution in [0.1, 0.15) is 47.1 Å². The van der Waals surface area contributed by atoms with Crippen molar-refractivity contribution in [2.24, 2.45) is 0 Å². The van der Waals surface area contributed by atoms with Gasteiger partial charge in [-0.05, 0) is 59.2 Å².